The number of hydrogen-bond acceptors (Lipinski definition) is 5. The Labute approximate surface area is 100 Å². The molecule has 1 aromatic heterocycles. The zero-order valence-corrected chi connectivity index (χ0v) is 11.0. The minimum atomic E-state index is -0.319. The standard InChI is InChI=1S/C11H18N2O2S/c1-8(2)5-6-13(3)11-12-7-9(16-11)10(14)15-4/h7-8H,5-6H2,1-4H3. The lowest BCUT2D eigenvalue weighted by Gasteiger charge is -2.16. The van der Waals surface area contributed by atoms with Gasteiger partial charge in [0.05, 0.1) is 13.3 Å². The SMILES string of the molecule is COC(=O)c1cnc(N(C)CCC(C)C)s1. The van der Waals surface area contributed by atoms with Crippen molar-refractivity contribution in [3.8, 4) is 0 Å². The van der Waals surface area contributed by atoms with Crippen LogP contribution in [-0.4, -0.2) is 31.7 Å². The molecule has 0 aliphatic heterocycles. The average molecular weight is 242 g/mol. The second-order valence-corrected chi connectivity index (χ2v) is 5.11. The Kier molecular flexibility index (Phi) is 4.73. The number of rotatable bonds is 5. The largest absolute Gasteiger partial charge is 0.465 e. The predicted molar refractivity (Wildman–Crippen MR) is 66.2 cm³/mol. The van der Waals surface area contributed by atoms with E-state index in [9.17, 15) is 4.79 Å². The van der Waals surface area contributed by atoms with Crippen molar-refractivity contribution in [1.82, 2.24) is 4.98 Å². The molecule has 0 fully saturated rings. The zero-order valence-electron chi connectivity index (χ0n) is 10.2. The molecule has 1 aromatic rings. The van der Waals surface area contributed by atoms with Gasteiger partial charge in [0.1, 0.15) is 4.88 Å². The summed E-state index contributed by atoms with van der Waals surface area (Å²) in [5, 5.41) is 0.862. The summed E-state index contributed by atoms with van der Waals surface area (Å²) in [5.74, 6) is 0.350. The summed E-state index contributed by atoms with van der Waals surface area (Å²) in [4.78, 5) is 18.1. The molecule has 0 bridgehead atoms. The van der Waals surface area contributed by atoms with Gasteiger partial charge in [-0.25, -0.2) is 9.78 Å². The van der Waals surface area contributed by atoms with E-state index >= 15 is 0 Å². The number of ether oxygens (including phenoxy) is 1. The molecule has 0 aromatic carbocycles. The van der Waals surface area contributed by atoms with Crippen molar-refractivity contribution in [2.75, 3.05) is 25.6 Å². The maximum atomic E-state index is 11.2. The summed E-state index contributed by atoms with van der Waals surface area (Å²) in [7, 11) is 3.37. The van der Waals surface area contributed by atoms with Gasteiger partial charge in [-0.1, -0.05) is 25.2 Å². The monoisotopic (exact) mass is 242 g/mol. The van der Waals surface area contributed by atoms with E-state index in [2.05, 4.69) is 28.5 Å². The second-order valence-electron chi connectivity index (χ2n) is 4.10. The van der Waals surface area contributed by atoms with Gasteiger partial charge < -0.3 is 9.64 Å². The Balaban J connectivity index is 2.59. The van der Waals surface area contributed by atoms with Crippen LogP contribution in [0.4, 0.5) is 5.13 Å². The molecule has 16 heavy (non-hydrogen) atoms. The first-order valence-electron chi connectivity index (χ1n) is 5.30. The predicted octanol–water partition coefficient (Wildman–Crippen LogP) is 2.41. The summed E-state index contributed by atoms with van der Waals surface area (Å²) in [5.41, 5.74) is 0. The lowest BCUT2D eigenvalue weighted by molar-refractivity contribution is 0.0606. The van der Waals surface area contributed by atoms with Crippen LogP contribution >= 0.6 is 11.3 Å². The lowest BCUT2D eigenvalue weighted by atomic mass is 10.1. The molecule has 0 amide bonds. The Morgan fingerprint density at radius 1 is 1.62 bits per heavy atom. The van der Waals surface area contributed by atoms with Crippen LogP contribution in [0, 0.1) is 5.92 Å². The molecule has 0 spiro atoms. The number of anilines is 1. The van der Waals surface area contributed by atoms with Gasteiger partial charge in [0, 0.05) is 13.6 Å². The first kappa shape index (κ1) is 13.0. The third kappa shape index (κ3) is 3.48. The highest BCUT2D eigenvalue weighted by atomic mass is 32.1. The van der Waals surface area contributed by atoms with Crippen LogP contribution in [0.1, 0.15) is 29.9 Å². The van der Waals surface area contributed by atoms with Gasteiger partial charge >= 0.3 is 5.97 Å². The highest BCUT2D eigenvalue weighted by molar-refractivity contribution is 7.17. The van der Waals surface area contributed by atoms with Gasteiger partial charge in [0.15, 0.2) is 5.13 Å². The summed E-state index contributed by atoms with van der Waals surface area (Å²) >= 11 is 1.37. The van der Waals surface area contributed by atoms with Gasteiger partial charge in [-0.2, -0.15) is 0 Å². The van der Waals surface area contributed by atoms with Crippen molar-refractivity contribution in [1.29, 1.82) is 0 Å². The van der Waals surface area contributed by atoms with Gasteiger partial charge in [-0.3, -0.25) is 0 Å². The Morgan fingerprint density at radius 2 is 2.31 bits per heavy atom. The molecule has 1 heterocycles. The van der Waals surface area contributed by atoms with Gasteiger partial charge in [0.25, 0.3) is 0 Å². The fourth-order valence-corrected chi connectivity index (χ4v) is 2.01. The van der Waals surface area contributed by atoms with E-state index in [4.69, 9.17) is 0 Å². The molecule has 0 aliphatic carbocycles. The summed E-state index contributed by atoms with van der Waals surface area (Å²) in [6, 6.07) is 0. The Hall–Kier alpha value is -1.10. The van der Waals surface area contributed by atoms with E-state index < -0.39 is 0 Å². The minimum absolute atomic E-state index is 0.319. The highest BCUT2D eigenvalue weighted by Crippen LogP contribution is 2.22. The van der Waals surface area contributed by atoms with E-state index in [1.54, 1.807) is 6.20 Å². The quantitative estimate of drug-likeness (QED) is 0.744. The average Bonchev–Trinajstić information content (AvgIpc) is 2.74. The molecule has 0 N–H and O–H groups in total. The number of aromatic nitrogens is 1. The number of carbonyl (C=O) groups is 1. The number of thiazole rings is 1. The van der Waals surface area contributed by atoms with E-state index in [0.717, 1.165) is 18.1 Å². The number of nitrogens with zero attached hydrogens (tertiary/aromatic N) is 2. The maximum Gasteiger partial charge on any atom is 0.349 e. The van der Waals surface area contributed by atoms with Crippen LogP contribution in [0.5, 0.6) is 0 Å². The molecule has 0 atom stereocenters. The van der Waals surface area contributed by atoms with Crippen LogP contribution in [-0.2, 0) is 4.74 Å². The van der Waals surface area contributed by atoms with Crippen LogP contribution in [0.3, 0.4) is 0 Å². The second kappa shape index (κ2) is 5.84. The molecular formula is C11H18N2O2S. The third-order valence-electron chi connectivity index (χ3n) is 2.25. The first-order valence-corrected chi connectivity index (χ1v) is 6.11. The van der Waals surface area contributed by atoms with E-state index in [-0.39, 0.29) is 5.97 Å². The molecule has 5 heteroatoms. The lowest BCUT2D eigenvalue weighted by Crippen LogP contribution is -2.19. The normalized spacial score (nSPS) is 10.6. The molecule has 0 saturated carbocycles. The molecule has 0 unspecified atom stereocenters. The van der Waals surface area contributed by atoms with Gasteiger partial charge in [-0.15, -0.1) is 0 Å². The van der Waals surface area contributed by atoms with E-state index in [1.807, 2.05) is 7.05 Å². The topological polar surface area (TPSA) is 42.4 Å². The zero-order chi connectivity index (χ0) is 12.1. The molecule has 90 valence electrons. The third-order valence-corrected chi connectivity index (χ3v) is 3.34. The fourth-order valence-electron chi connectivity index (χ4n) is 1.18. The molecule has 4 nitrogen and oxygen atoms in total. The van der Waals surface area contributed by atoms with Crippen LogP contribution in [0.25, 0.3) is 0 Å². The van der Waals surface area contributed by atoms with Crippen molar-refractivity contribution >= 4 is 22.4 Å². The number of carbonyl (C=O) groups excluding carboxylic acids is 1. The van der Waals surface area contributed by atoms with Gasteiger partial charge in [-0.05, 0) is 12.3 Å². The van der Waals surface area contributed by atoms with Crippen molar-refractivity contribution in [2.24, 2.45) is 5.92 Å². The molecule has 0 saturated heterocycles. The molecule has 1 rings (SSSR count). The summed E-state index contributed by atoms with van der Waals surface area (Å²) in [6.45, 7) is 5.33. The fraction of sp³-hybridized carbons (Fsp3) is 0.636. The van der Waals surface area contributed by atoms with Crippen molar-refractivity contribution in [3.63, 3.8) is 0 Å². The van der Waals surface area contributed by atoms with Gasteiger partial charge in [0.2, 0.25) is 0 Å². The Bertz CT molecular complexity index is 350. The van der Waals surface area contributed by atoms with Crippen LogP contribution in [0.2, 0.25) is 0 Å². The smallest absolute Gasteiger partial charge is 0.349 e. The molecule has 0 radical (unpaired) electrons. The highest BCUT2D eigenvalue weighted by Gasteiger charge is 2.13. The minimum Gasteiger partial charge on any atom is -0.465 e. The van der Waals surface area contributed by atoms with Crippen LogP contribution in [0.15, 0.2) is 6.20 Å². The number of hydrogen-bond donors (Lipinski definition) is 0. The number of methoxy groups -OCH3 is 1. The molecule has 0 aliphatic rings. The number of esters is 1. The van der Waals surface area contributed by atoms with Crippen molar-refractivity contribution in [3.05, 3.63) is 11.1 Å². The molecular weight excluding hydrogens is 224 g/mol. The van der Waals surface area contributed by atoms with E-state index in [0.29, 0.717) is 10.8 Å². The van der Waals surface area contributed by atoms with Crippen molar-refractivity contribution in [2.45, 2.75) is 20.3 Å². The van der Waals surface area contributed by atoms with Crippen molar-refractivity contribution < 1.29 is 9.53 Å². The maximum absolute atomic E-state index is 11.2. The summed E-state index contributed by atoms with van der Waals surface area (Å²) < 4.78 is 4.64. The summed E-state index contributed by atoms with van der Waals surface area (Å²) in [6.07, 6.45) is 2.68. The first-order chi connectivity index (χ1) is 7.54. The van der Waals surface area contributed by atoms with Crippen LogP contribution < -0.4 is 4.90 Å². The Morgan fingerprint density at radius 3 is 2.88 bits per heavy atom. The van der Waals surface area contributed by atoms with E-state index in [1.165, 1.54) is 18.4 Å².